The van der Waals surface area contributed by atoms with Gasteiger partial charge in [0.2, 0.25) is 0 Å². The van der Waals surface area contributed by atoms with Crippen molar-refractivity contribution in [3.8, 4) is 0 Å². The maximum Gasteiger partial charge on any atom is 0.254 e. The number of fused-ring (bicyclic) bond motifs is 1. The van der Waals surface area contributed by atoms with Crippen LogP contribution in [-0.2, 0) is 13.1 Å². The van der Waals surface area contributed by atoms with E-state index in [-0.39, 0.29) is 29.0 Å². The second-order valence-corrected chi connectivity index (χ2v) is 6.50. The predicted octanol–water partition coefficient (Wildman–Crippen LogP) is 2.78. The van der Waals surface area contributed by atoms with Gasteiger partial charge in [-0.3, -0.25) is 14.4 Å². The number of hydrogen-bond donors (Lipinski definition) is 3. The highest BCUT2D eigenvalue weighted by molar-refractivity contribution is 6.32. The summed E-state index contributed by atoms with van der Waals surface area (Å²) in [4.78, 5) is 35.9. The molecule has 0 fully saturated rings. The third kappa shape index (κ3) is 2.65. The Labute approximate surface area is 156 Å². The van der Waals surface area contributed by atoms with Gasteiger partial charge in [0.05, 0.1) is 17.8 Å². The third-order valence-electron chi connectivity index (χ3n) is 4.15. The van der Waals surface area contributed by atoms with Crippen LogP contribution in [0.15, 0.2) is 38.3 Å². The number of amides is 1. The number of benzene rings is 1. The molecule has 0 spiro atoms. The molecule has 1 aromatic heterocycles. The molecule has 1 aliphatic heterocycles. The summed E-state index contributed by atoms with van der Waals surface area (Å²) in [6, 6.07) is 6.46. The molecule has 0 saturated heterocycles. The molecule has 1 amide bonds. The van der Waals surface area contributed by atoms with E-state index in [0.717, 1.165) is 0 Å². The molecule has 3 N–H and O–H groups in total. The fourth-order valence-electron chi connectivity index (χ4n) is 2.85. The molecule has 0 bridgehead atoms. The molecule has 2 aromatic carbocycles. The Morgan fingerprint density at radius 3 is 2.54 bits per heavy atom. The minimum Gasteiger partial charge on any atom is -0.448 e. The molecule has 0 atom stereocenters. The Bertz CT molecular complexity index is 1110. The maximum atomic E-state index is 12.0. The van der Waals surface area contributed by atoms with E-state index in [1.54, 1.807) is 24.3 Å². The lowest BCUT2D eigenvalue weighted by molar-refractivity contribution is 0.0966. The summed E-state index contributed by atoms with van der Waals surface area (Å²) in [5, 5.41) is 9.11. The molecule has 0 saturated carbocycles. The average molecular weight is 392 g/mol. The minimum atomic E-state index is -0.660. The van der Waals surface area contributed by atoms with Gasteiger partial charge in [-0.15, -0.1) is 0 Å². The first-order valence-corrected chi connectivity index (χ1v) is 8.39. The number of nitrogens with one attached hydrogen (secondary N) is 3. The van der Waals surface area contributed by atoms with Gasteiger partial charge >= 0.3 is 0 Å². The first-order chi connectivity index (χ1) is 12.5. The molecule has 0 unspecified atom stereocenters. The van der Waals surface area contributed by atoms with Crippen LogP contribution in [0.25, 0.3) is 0 Å². The second kappa shape index (κ2) is 6.19. The fraction of sp³-hybridized carbons (Fsp3) is 0.118. The number of hydrogen-bond acceptors (Lipinski definition) is 6. The quantitative estimate of drug-likeness (QED) is 0.578. The molecule has 0 radical (unpaired) electrons. The summed E-state index contributed by atoms with van der Waals surface area (Å²) in [5.74, 6) is 0.226. The van der Waals surface area contributed by atoms with Gasteiger partial charge in [-0.2, -0.15) is 0 Å². The summed E-state index contributed by atoms with van der Waals surface area (Å²) in [5.41, 5.74) is 0.360. The summed E-state index contributed by atoms with van der Waals surface area (Å²) in [6.07, 6.45) is 0. The van der Waals surface area contributed by atoms with Crippen LogP contribution < -0.4 is 26.8 Å². The van der Waals surface area contributed by atoms with E-state index in [1.165, 1.54) is 0 Å². The Balaban J connectivity index is 1.62. The van der Waals surface area contributed by atoms with Crippen LogP contribution in [0.5, 0.6) is 0 Å². The zero-order valence-corrected chi connectivity index (χ0v) is 14.6. The highest BCUT2D eigenvalue weighted by Gasteiger charge is 2.28. The van der Waals surface area contributed by atoms with E-state index in [1.807, 2.05) is 0 Å². The van der Waals surface area contributed by atoms with Gasteiger partial charge in [-0.25, -0.2) is 0 Å². The Morgan fingerprint density at radius 1 is 1.04 bits per heavy atom. The number of carbonyl (C=O) groups excluding carboxylic acids is 1. The lowest BCUT2D eigenvalue weighted by Gasteiger charge is -2.16. The number of anilines is 3. The Hall–Kier alpha value is -2.77. The first-order valence-electron chi connectivity index (χ1n) is 7.63. The number of rotatable bonds is 5. The van der Waals surface area contributed by atoms with Crippen LogP contribution in [0.2, 0.25) is 10.2 Å². The van der Waals surface area contributed by atoms with Crippen LogP contribution in [0.4, 0.5) is 17.1 Å². The first kappa shape index (κ1) is 16.7. The Morgan fingerprint density at radius 2 is 1.81 bits per heavy atom. The number of furan rings is 1. The zero-order valence-electron chi connectivity index (χ0n) is 13.1. The van der Waals surface area contributed by atoms with E-state index < -0.39 is 10.9 Å². The largest absolute Gasteiger partial charge is 0.448 e. The average Bonchev–Trinajstić information content (AvgIpc) is 3.22. The van der Waals surface area contributed by atoms with E-state index in [0.29, 0.717) is 34.1 Å². The van der Waals surface area contributed by atoms with Gasteiger partial charge in [0, 0.05) is 17.1 Å². The summed E-state index contributed by atoms with van der Waals surface area (Å²) >= 11 is 11.8. The molecule has 2 heterocycles. The van der Waals surface area contributed by atoms with Crippen molar-refractivity contribution in [1.29, 1.82) is 0 Å². The molecule has 26 heavy (non-hydrogen) atoms. The zero-order chi connectivity index (χ0) is 18.4. The molecule has 3 aromatic rings. The van der Waals surface area contributed by atoms with E-state index >= 15 is 0 Å². The molecule has 7 nitrogen and oxygen atoms in total. The number of halogens is 2. The molecule has 1 aliphatic rings. The van der Waals surface area contributed by atoms with Crippen molar-refractivity contribution < 1.29 is 9.21 Å². The van der Waals surface area contributed by atoms with E-state index in [9.17, 15) is 14.4 Å². The van der Waals surface area contributed by atoms with Crippen molar-refractivity contribution in [2.75, 3.05) is 10.6 Å². The van der Waals surface area contributed by atoms with Gasteiger partial charge in [-0.1, -0.05) is 11.6 Å². The van der Waals surface area contributed by atoms with Gasteiger partial charge in [0.25, 0.3) is 16.8 Å². The van der Waals surface area contributed by atoms with Gasteiger partial charge in [0.15, 0.2) is 5.22 Å². The molecule has 0 aliphatic carbocycles. The lowest BCUT2D eigenvalue weighted by Crippen LogP contribution is -2.36. The van der Waals surface area contributed by atoms with Crippen molar-refractivity contribution in [2.45, 2.75) is 13.1 Å². The monoisotopic (exact) mass is 391 g/mol. The third-order valence-corrected chi connectivity index (χ3v) is 4.70. The van der Waals surface area contributed by atoms with Gasteiger partial charge in [-0.05, 0) is 35.9 Å². The summed E-state index contributed by atoms with van der Waals surface area (Å²) < 4.78 is 5.20. The topological polar surface area (TPSA) is 100 Å². The van der Waals surface area contributed by atoms with Crippen LogP contribution in [0.3, 0.4) is 0 Å². The van der Waals surface area contributed by atoms with Crippen molar-refractivity contribution in [3.63, 3.8) is 0 Å². The Kier molecular flexibility index (Phi) is 3.97. The highest BCUT2D eigenvalue weighted by atomic mass is 35.5. The molecular weight excluding hydrogens is 381 g/mol. The van der Waals surface area contributed by atoms with E-state index in [4.69, 9.17) is 27.6 Å². The van der Waals surface area contributed by atoms with Crippen molar-refractivity contribution in [1.82, 2.24) is 5.32 Å². The van der Waals surface area contributed by atoms with Crippen LogP contribution in [0.1, 0.15) is 21.7 Å². The highest BCUT2D eigenvalue weighted by Crippen LogP contribution is 2.33. The smallest absolute Gasteiger partial charge is 0.254 e. The van der Waals surface area contributed by atoms with Crippen molar-refractivity contribution in [3.05, 3.63) is 71.8 Å². The fourth-order valence-corrected chi connectivity index (χ4v) is 3.24. The van der Waals surface area contributed by atoms with Gasteiger partial charge in [0.1, 0.15) is 17.1 Å². The van der Waals surface area contributed by atoms with Crippen LogP contribution in [-0.4, -0.2) is 5.91 Å². The normalized spacial score (nSPS) is 12.9. The van der Waals surface area contributed by atoms with Crippen molar-refractivity contribution >= 4 is 46.2 Å². The SMILES string of the molecule is O=C1NCc2c(Cl)ccc(Nc3c(NCc4ccc(Cl)o4)c(=O)c3=O)c21. The van der Waals surface area contributed by atoms with Gasteiger partial charge < -0.3 is 20.4 Å². The minimum absolute atomic E-state index is 0.0943. The molecule has 9 heteroatoms. The van der Waals surface area contributed by atoms with Crippen molar-refractivity contribution in [2.24, 2.45) is 0 Å². The molecular formula is C17H11Cl2N3O4. The maximum absolute atomic E-state index is 12.0. The second-order valence-electron chi connectivity index (χ2n) is 5.72. The lowest BCUT2D eigenvalue weighted by atomic mass is 10.1. The molecule has 4 rings (SSSR count). The summed E-state index contributed by atoms with van der Waals surface area (Å²) in [6.45, 7) is 0.504. The molecule has 132 valence electrons. The predicted molar refractivity (Wildman–Crippen MR) is 98.3 cm³/mol. The van der Waals surface area contributed by atoms with Crippen LogP contribution in [0, 0.1) is 0 Å². The number of carbonyl (C=O) groups is 1. The standard InChI is InChI=1S/C17H11Cl2N3O4/c18-9-2-3-10(12-8(9)6-21-17(12)25)22-14-13(15(23)16(14)24)20-5-7-1-4-11(19)26-7/h1-4,20,22H,5-6H2,(H,21,25). The van der Waals surface area contributed by atoms with E-state index in [2.05, 4.69) is 16.0 Å². The van der Waals surface area contributed by atoms with Crippen LogP contribution >= 0.6 is 23.2 Å². The summed E-state index contributed by atoms with van der Waals surface area (Å²) in [7, 11) is 0.